The van der Waals surface area contributed by atoms with Gasteiger partial charge in [0.1, 0.15) is 12.1 Å². The molecule has 2 rings (SSSR count). The van der Waals surface area contributed by atoms with E-state index in [1.54, 1.807) is 12.1 Å². The molecule has 0 aliphatic rings. The molecule has 0 aliphatic heterocycles. The van der Waals surface area contributed by atoms with Crippen molar-refractivity contribution in [2.75, 3.05) is 0 Å². The topological polar surface area (TPSA) is 35.0 Å². The third-order valence-electron chi connectivity index (χ3n) is 2.59. The molecule has 0 aliphatic carbocycles. The number of alkyl halides is 2. The summed E-state index contributed by atoms with van der Waals surface area (Å²) in [6.07, 6.45) is 1.50. The van der Waals surface area contributed by atoms with Crippen LogP contribution in [-0.2, 0) is 0 Å². The van der Waals surface area contributed by atoms with Crippen LogP contribution in [0.2, 0.25) is 0 Å². The highest BCUT2D eigenvalue weighted by Crippen LogP contribution is 2.26. The highest BCUT2D eigenvalue weighted by atomic mass is 19.3. The lowest BCUT2D eigenvalue weighted by Gasteiger charge is -2.09. The third-order valence-corrected chi connectivity index (χ3v) is 2.59. The Morgan fingerprint density at radius 3 is 2.06 bits per heavy atom. The van der Waals surface area contributed by atoms with E-state index in [2.05, 4.69) is 14.7 Å². The number of ether oxygens (including phenoxy) is 1. The van der Waals surface area contributed by atoms with Gasteiger partial charge in [-0.15, -0.1) is 0 Å². The predicted molar refractivity (Wildman–Crippen MR) is 63.6 cm³/mol. The Hall–Kier alpha value is -2.04. The standard InChI is InChI=1S/C13H12F2N2O/c1-8-12(9(2)17-7-16-8)10-3-5-11(6-4-10)18-13(14)15/h3-7,13H,1-2H3. The molecule has 0 bridgehead atoms. The zero-order chi connectivity index (χ0) is 13.1. The number of aryl methyl sites for hydroxylation is 2. The molecule has 1 aromatic heterocycles. The predicted octanol–water partition coefficient (Wildman–Crippen LogP) is 3.36. The molecule has 2 aromatic rings. The van der Waals surface area contributed by atoms with Gasteiger partial charge >= 0.3 is 6.61 Å². The van der Waals surface area contributed by atoms with Gasteiger partial charge in [-0.1, -0.05) is 12.1 Å². The van der Waals surface area contributed by atoms with Crippen LogP contribution in [0.1, 0.15) is 11.4 Å². The monoisotopic (exact) mass is 250 g/mol. The van der Waals surface area contributed by atoms with E-state index >= 15 is 0 Å². The Morgan fingerprint density at radius 2 is 1.56 bits per heavy atom. The molecule has 18 heavy (non-hydrogen) atoms. The SMILES string of the molecule is Cc1ncnc(C)c1-c1ccc(OC(F)F)cc1. The number of halogens is 2. The maximum absolute atomic E-state index is 12.0. The summed E-state index contributed by atoms with van der Waals surface area (Å²) < 4.78 is 28.4. The van der Waals surface area contributed by atoms with Crippen LogP contribution in [-0.4, -0.2) is 16.6 Å². The lowest BCUT2D eigenvalue weighted by Crippen LogP contribution is -2.01. The van der Waals surface area contributed by atoms with Gasteiger partial charge in [0.05, 0.1) is 0 Å². The average molecular weight is 250 g/mol. The minimum atomic E-state index is -2.81. The fraction of sp³-hybridized carbons (Fsp3) is 0.231. The first-order valence-corrected chi connectivity index (χ1v) is 5.41. The largest absolute Gasteiger partial charge is 0.435 e. The van der Waals surface area contributed by atoms with Gasteiger partial charge in [-0.3, -0.25) is 0 Å². The molecule has 0 fully saturated rings. The first-order valence-electron chi connectivity index (χ1n) is 5.41. The van der Waals surface area contributed by atoms with Crippen molar-refractivity contribution in [3.8, 4) is 16.9 Å². The molecule has 0 atom stereocenters. The lowest BCUT2D eigenvalue weighted by atomic mass is 10.0. The van der Waals surface area contributed by atoms with E-state index in [1.165, 1.54) is 18.5 Å². The van der Waals surface area contributed by atoms with E-state index < -0.39 is 6.61 Å². The van der Waals surface area contributed by atoms with Gasteiger partial charge in [-0.05, 0) is 31.5 Å². The summed E-state index contributed by atoms with van der Waals surface area (Å²) >= 11 is 0. The Bertz CT molecular complexity index is 521. The molecule has 1 aromatic carbocycles. The second-order valence-electron chi connectivity index (χ2n) is 3.82. The number of rotatable bonds is 3. The Kier molecular flexibility index (Phi) is 3.50. The molecular weight excluding hydrogens is 238 g/mol. The Balaban J connectivity index is 2.35. The second-order valence-corrected chi connectivity index (χ2v) is 3.82. The van der Waals surface area contributed by atoms with Gasteiger partial charge < -0.3 is 4.74 Å². The summed E-state index contributed by atoms with van der Waals surface area (Å²) in [6.45, 7) is 0.959. The van der Waals surface area contributed by atoms with Crippen LogP contribution in [0.4, 0.5) is 8.78 Å². The Morgan fingerprint density at radius 1 is 1.00 bits per heavy atom. The van der Waals surface area contributed by atoms with Crippen molar-refractivity contribution in [2.24, 2.45) is 0 Å². The van der Waals surface area contributed by atoms with Crippen LogP contribution < -0.4 is 4.74 Å². The van der Waals surface area contributed by atoms with Gasteiger partial charge in [-0.2, -0.15) is 8.78 Å². The fourth-order valence-corrected chi connectivity index (χ4v) is 1.81. The molecule has 94 valence electrons. The van der Waals surface area contributed by atoms with Crippen molar-refractivity contribution in [2.45, 2.75) is 20.5 Å². The smallest absolute Gasteiger partial charge is 0.387 e. The number of aromatic nitrogens is 2. The van der Waals surface area contributed by atoms with E-state index in [9.17, 15) is 8.78 Å². The van der Waals surface area contributed by atoms with Crippen LogP contribution in [0.25, 0.3) is 11.1 Å². The molecule has 0 radical (unpaired) electrons. The normalized spacial score (nSPS) is 10.7. The van der Waals surface area contributed by atoms with E-state index in [0.717, 1.165) is 22.5 Å². The summed E-state index contributed by atoms with van der Waals surface area (Å²) in [5.74, 6) is 0.140. The van der Waals surface area contributed by atoms with E-state index in [0.29, 0.717) is 0 Å². The molecule has 0 saturated heterocycles. The lowest BCUT2D eigenvalue weighted by molar-refractivity contribution is -0.0498. The second kappa shape index (κ2) is 5.08. The van der Waals surface area contributed by atoms with Crippen molar-refractivity contribution in [1.82, 2.24) is 9.97 Å². The molecule has 0 N–H and O–H groups in total. The first-order chi connectivity index (χ1) is 8.58. The van der Waals surface area contributed by atoms with Crippen LogP contribution in [0.3, 0.4) is 0 Å². The number of benzene rings is 1. The van der Waals surface area contributed by atoms with Crippen molar-refractivity contribution >= 4 is 0 Å². The van der Waals surface area contributed by atoms with Crippen molar-refractivity contribution in [3.05, 3.63) is 42.0 Å². The quantitative estimate of drug-likeness (QED) is 0.837. The van der Waals surface area contributed by atoms with Crippen molar-refractivity contribution in [1.29, 1.82) is 0 Å². The first kappa shape index (κ1) is 12.4. The van der Waals surface area contributed by atoms with Crippen LogP contribution in [0.5, 0.6) is 5.75 Å². The zero-order valence-electron chi connectivity index (χ0n) is 10.0. The molecule has 0 amide bonds. The number of hydrogen-bond acceptors (Lipinski definition) is 3. The van der Waals surface area contributed by atoms with Gasteiger partial charge in [0.15, 0.2) is 0 Å². The summed E-state index contributed by atoms with van der Waals surface area (Å²) in [5, 5.41) is 0. The molecule has 5 heteroatoms. The van der Waals surface area contributed by atoms with Crippen LogP contribution in [0.15, 0.2) is 30.6 Å². The molecule has 1 heterocycles. The van der Waals surface area contributed by atoms with Crippen LogP contribution >= 0.6 is 0 Å². The maximum atomic E-state index is 12.0. The van der Waals surface area contributed by atoms with Crippen molar-refractivity contribution in [3.63, 3.8) is 0 Å². The molecule has 0 unspecified atom stereocenters. The summed E-state index contributed by atoms with van der Waals surface area (Å²) in [4.78, 5) is 8.25. The summed E-state index contributed by atoms with van der Waals surface area (Å²) in [6, 6.07) is 6.45. The van der Waals surface area contributed by atoms with E-state index in [-0.39, 0.29) is 5.75 Å². The minimum absolute atomic E-state index is 0.140. The van der Waals surface area contributed by atoms with Crippen molar-refractivity contribution < 1.29 is 13.5 Å². The highest BCUT2D eigenvalue weighted by Gasteiger charge is 2.09. The Labute approximate surface area is 103 Å². The number of nitrogens with zero attached hydrogens (tertiary/aromatic N) is 2. The van der Waals surface area contributed by atoms with Gasteiger partial charge in [0.2, 0.25) is 0 Å². The average Bonchev–Trinajstić information content (AvgIpc) is 2.30. The molecule has 3 nitrogen and oxygen atoms in total. The fourth-order valence-electron chi connectivity index (χ4n) is 1.81. The number of hydrogen-bond donors (Lipinski definition) is 0. The van der Waals surface area contributed by atoms with Gasteiger partial charge in [0.25, 0.3) is 0 Å². The summed E-state index contributed by atoms with van der Waals surface area (Å²) in [7, 11) is 0. The summed E-state index contributed by atoms with van der Waals surface area (Å²) in [5.41, 5.74) is 3.50. The zero-order valence-corrected chi connectivity index (χ0v) is 10.0. The van der Waals surface area contributed by atoms with E-state index in [4.69, 9.17) is 0 Å². The van der Waals surface area contributed by atoms with Crippen LogP contribution in [0, 0.1) is 13.8 Å². The molecular formula is C13H12F2N2O. The minimum Gasteiger partial charge on any atom is -0.435 e. The highest BCUT2D eigenvalue weighted by molar-refractivity contribution is 5.68. The van der Waals surface area contributed by atoms with Gasteiger partial charge in [0, 0.05) is 17.0 Å². The molecule has 0 spiro atoms. The maximum Gasteiger partial charge on any atom is 0.387 e. The van der Waals surface area contributed by atoms with E-state index in [1.807, 2.05) is 13.8 Å². The van der Waals surface area contributed by atoms with Gasteiger partial charge in [-0.25, -0.2) is 9.97 Å². The molecule has 0 saturated carbocycles. The third kappa shape index (κ3) is 2.61.